The molecule has 0 amide bonds. The van der Waals surface area contributed by atoms with Crippen LogP contribution in [0.3, 0.4) is 0 Å². The monoisotopic (exact) mass is 859 g/mol. The van der Waals surface area contributed by atoms with E-state index in [1.54, 1.807) is 6.26 Å². The number of phosphoric acid groups is 1. The Kier molecular flexibility index (Phi) is 43.0. The van der Waals surface area contributed by atoms with Gasteiger partial charge in [0.05, 0.1) is 34.0 Å². The van der Waals surface area contributed by atoms with Gasteiger partial charge in [0, 0.05) is 6.42 Å². The summed E-state index contributed by atoms with van der Waals surface area (Å²) in [5.74, 6) is -0.329. The minimum atomic E-state index is -4.29. The fraction of sp³-hybridized carbons (Fsp3) is 0.940. The van der Waals surface area contributed by atoms with Crippen LogP contribution in [0.1, 0.15) is 251 Å². The Hall–Kier alpha value is -0.920. The van der Waals surface area contributed by atoms with E-state index in [2.05, 4.69) is 13.8 Å². The maximum atomic E-state index is 12.7. The highest BCUT2D eigenvalue weighted by molar-refractivity contribution is 7.47. The van der Waals surface area contributed by atoms with Crippen molar-refractivity contribution >= 4 is 13.8 Å². The smallest absolute Gasteiger partial charge is 0.472 e. The van der Waals surface area contributed by atoms with Crippen LogP contribution in [-0.2, 0) is 27.9 Å². The minimum absolute atomic E-state index is 0.0547. The molecule has 0 aliphatic rings. The van der Waals surface area contributed by atoms with Crippen molar-refractivity contribution in [2.24, 2.45) is 0 Å². The van der Waals surface area contributed by atoms with Crippen LogP contribution in [0.15, 0.2) is 12.3 Å². The topological polar surface area (TPSA) is 91.3 Å². The van der Waals surface area contributed by atoms with Gasteiger partial charge in [0.15, 0.2) is 6.10 Å². The van der Waals surface area contributed by atoms with Gasteiger partial charge in [-0.05, 0) is 25.3 Å². The predicted octanol–water partition coefficient (Wildman–Crippen LogP) is 15.7. The summed E-state index contributed by atoms with van der Waals surface area (Å²) in [4.78, 5) is 23.0. The van der Waals surface area contributed by atoms with Gasteiger partial charge in [-0.15, -0.1) is 0 Å². The standard InChI is InChI=1S/C50H100NO7P/c1-6-8-10-12-14-16-18-20-22-24-25-26-27-28-29-31-33-35-37-39-41-43-50(52)58-49(48-57-59(53,54)56-46-44-51(3,4)5)47-55-45-42-40-38-36-34-32-30-23-21-19-17-15-13-11-9-7-2/h42,45,49H,6-41,43-44,46-48H2,1-5H3/p+1/b45-42+/t49-/m1/s1. The summed E-state index contributed by atoms with van der Waals surface area (Å²) in [6.07, 6.45) is 50.7. The molecule has 0 saturated carbocycles. The lowest BCUT2D eigenvalue weighted by atomic mass is 10.0. The molecule has 0 rings (SSSR count). The third-order valence-corrected chi connectivity index (χ3v) is 12.4. The average Bonchev–Trinajstić information content (AvgIpc) is 3.19. The Labute approximate surface area is 367 Å². The molecule has 0 spiro atoms. The van der Waals surface area contributed by atoms with Crippen molar-refractivity contribution in [3.05, 3.63) is 12.3 Å². The molecule has 0 aromatic rings. The second-order valence-electron chi connectivity index (χ2n) is 18.6. The lowest BCUT2D eigenvalue weighted by Crippen LogP contribution is -2.37. The number of nitrogens with zero attached hydrogens (tertiary/aromatic N) is 1. The molecule has 2 atom stereocenters. The number of hydrogen-bond donors (Lipinski definition) is 1. The Bertz CT molecular complexity index is 956. The van der Waals surface area contributed by atoms with Gasteiger partial charge in [-0.25, -0.2) is 4.57 Å². The summed E-state index contributed by atoms with van der Waals surface area (Å²) in [6, 6.07) is 0. The number of unbranched alkanes of at least 4 members (excludes halogenated alkanes) is 34. The molecule has 352 valence electrons. The van der Waals surface area contributed by atoms with E-state index in [0.717, 1.165) is 32.1 Å². The van der Waals surface area contributed by atoms with Crippen LogP contribution >= 0.6 is 7.82 Å². The van der Waals surface area contributed by atoms with Crippen LogP contribution in [0.25, 0.3) is 0 Å². The molecular formula is C50H101NO7P+. The number of allylic oxidation sites excluding steroid dienone is 1. The molecule has 8 nitrogen and oxygen atoms in total. The second kappa shape index (κ2) is 43.7. The van der Waals surface area contributed by atoms with Crippen LogP contribution in [0.2, 0.25) is 0 Å². The quantitative estimate of drug-likeness (QED) is 0.0214. The van der Waals surface area contributed by atoms with Crippen LogP contribution in [0.4, 0.5) is 0 Å². The molecule has 0 aliphatic carbocycles. The summed E-state index contributed by atoms with van der Waals surface area (Å²) in [5.41, 5.74) is 0. The normalized spacial score (nSPS) is 13.6. The van der Waals surface area contributed by atoms with Crippen molar-refractivity contribution in [3.8, 4) is 0 Å². The van der Waals surface area contributed by atoms with Gasteiger partial charge in [0.1, 0.15) is 19.8 Å². The number of hydrogen-bond acceptors (Lipinski definition) is 6. The molecule has 0 aromatic carbocycles. The Morgan fingerprint density at radius 1 is 0.525 bits per heavy atom. The van der Waals surface area contributed by atoms with Crippen molar-refractivity contribution in [1.82, 2.24) is 0 Å². The first-order valence-corrected chi connectivity index (χ1v) is 27.0. The summed E-state index contributed by atoms with van der Waals surface area (Å²) in [6.45, 7) is 4.99. The SMILES string of the molecule is CCCCCCCCCCCCCCCC/C=C/OC[C@H](COP(=O)(O)OCC[N+](C)(C)C)OC(=O)CCCCCCCCCCCCCCCCCCCCCCC. The van der Waals surface area contributed by atoms with Gasteiger partial charge >= 0.3 is 13.8 Å². The van der Waals surface area contributed by atoms with Crippen LogP contribution < -0.4 is 0 Å². The number of likely N-dealkylation sites (N-methyl/N-ethyl adjacent to an activating group) is 1. The molecule has 9 heteroatoms. The minimum Gasteiger partial charge on any atom is -0.498 e. The number of rotatable bonds is 48. The van der Waals surface area contributed by atoms with Gasteiger partial charge in [-0.2, -0.15) is 0 Å². The number of carbonyl (C=O) groups is 1. The summed E-state index contributed by atoms with van der Waals surface area (Å²) >= 11 is 0. The molecular weight excluding hydrogens is 758 g/mol. The molecule has 0 aliphatic heterocycles. The first-order chi connectivity index (χ1) is 28.6. The summed E-state index contributed by atoms with van der Waals surface area (Å²) in [7, 11) is 1.65. The van der Waals surface area contributed by atoms with Crippen molar-refractivity contribution in [3.63, 3.8) is 0 Å². The lowest BCUT2D eigenvalue weighted by Gasteiger charge is -2.24. The van der Waals surface area contributed by atoms with Gasteiger partial charge in [-0.3, -0.25) is 13.8 Å². The summed E-state index contributed by atoms with van der Waals surface area (Å²) < 4.78 is 34.9. The first kappa shape index (κ1) is 58.1. The first-order valence-electron chi connectivity index (χ1n) is 25.5. The van der Waals surface area contributed by atoms with Crippen LogP contribution in [-0.4, -0.2) is 69.0 Å². The Balaban J connectivity index is 4.13. The second-order valence-corrected chi connectivity index (χ2v) is 20.1. The molecule has 59 heavy (non-hydrogen) atoms. The fourth-order valence-electron chi connectivity index (χ4n) is 7.46. The molecule has 0 heterocycles. The molecule has 0 radical (unpaired) electrons. The van der Waals surface area contributed by atoms with Crippen LogP contribution in [0.5, 0.6) is 0 Å². The van der Waals surface area contributed by atoms with E-state index in [4.69, 9.17) is 18.5 Å². The zero-order valence-electron chi connectivity index (χ0n) is 40.0. The number of quaternary nitrogens is 1. The van der Waals surface area contributed by atoms with Gasteiger partial charge in [-0.1, -0.05) is 226 Å². The van der Waals surface area contributed by atoms with E-state index < -0.39 is 13.9 Å². The maximum absolute atomic E-state index is 12.7. The Morgan fingerprint density at radius 2 is 0.881 bits per heavy atom. The number of ether oxygens (including phenoxy) is 2. The molecule has 0 saturated heterocycles. The maximum Gasteiger partial charge on any atom is 0.472 e. The van der Waals surface area contributed by atoms with E-state index in [9.17, 15) is 14.3 Å². The number of carbonyl (C=O) groups excluding carboxylic acids is 1. The van der Waals surface area contributed by atoms with Gasteiger partial charge in [0.2, 0.25) is 0 Å². The lowest BCUT2D eigenvalue weighted by molar-refractivity contribution is -0.870. The Morgan fingerprint density at radius 3 is 1.25 bits per heavy atom. The molecule has 1 unspecified atom stereocenters. The highest BCUT2D eigenvalue weighted by atomic mass is 31.2. The largest absolute Gasteiger partial charge is 0.498 e. The van der Waals surface area contributed by atoms with E-state index in [1.165, 1.54) is 199 Å². The summed E-state index contributed by atoms with van der Waals surface area (Å²) in [5, 5.41) is 0. The zero-order valence-corrected chi connectivity index (χ0v) is 40.9. The zero-order chi connectivity index (χ0) is 43.4. The molecule has 0 bridgehead atoms. The molecule has 1 N–H and O–H groups in total. The van der Waals surface area contributed by atoms with Crippen molar-refractivity contribution in [1.29, 1.82) is 0 Å². The highest BCUT2D eigenvalue weighted by Crippen LogP contribution is 2.43. The number of phosphoric ester groups is 1. The van der Waals surface area contributed by atoms with E-state index in [0.29, 0.717) is 17.4 Å². The third-order valence-electron chi connectivity index (χ3n) is 11.4. The van der Waals surface area contributed by atoms with E-state index in [-0.39, 0.29) is 25.8 Å². The average molecular weight is 859 g/mol. The van der Waals surface area contributed by atoms with Crippen molar-refractivity contribution in [2.45, 2.75) is 258 Å². The predicted molar refractivity (Wildman–Crippen MR) is 252 cm³/mol. The molecule has 0 fully saturated rings. The van der Waals surface area contributed by atoms with Gasteiger partial charge < -0.3 is 18.9 Å². The number of esters is 1. The van der Waals surface area contributed by atoms with Gasteiger partial charge in [0.25, 0.3) is 0 Å². The van der Waals surface area contributed by atoms with E-state index >= 15 is 0 Å². The van der Waals surface area contributed by atoms with Crippen LogP contribution in [0, 0.1) is 0 Å². The van der Waals surface area contributed by atoms with Crippen molar-refractivity contribution < 1.29 is 37.3 Å². The van der Waals surface area contributed by atoms with E-state index in [1.807, 2.05) is 27.2 Å². The fourth-order valence-corrected chi connectivity index (χ4v) is 8.20. The van der Waals surface area contributed by atoms with Crippen molar-refractivity contribution in [2.75, 3.05) is 47.5 Å². The third kappa shape index (κ3) is 48.0. The highest BCUT2D eigenvalue weighted by Gasteiger charge is 2.26. The molecule has 0 aromatic heterocycles.